The highest BCUT2D eigenvalue weighted by Crippen LogP contribution is 2.50. The molecule has 3 rings (SSSR count). The minimum Gasteiger partial charge on any atom is -0.504 e. The predicted molar refractivity (Wildman–Crippen MR) is 104 cm³/mol. The summed E-state index contributed by atoms with van der Waals surface area (Å²) in [5, 5.41) is 12.5. The Bertz CT molecular complexity index is 1080. The molecule has 28 heavy (non-hydrogen) atoms. The van der Waals surface area contributed by atoms with Crippen molar-refractivity contribution in [1.29, 1.82) is 0 Å². The van der Waals surface area contributed by atoms with E-state index in [1.807, 2.05) is 0 Å². The molecule has 7 nitrogen and oxygen atoms in total. The third kappa shape index (κ3) is 3.35. The Morgan fingerprint density at radius 2 is 1.93 bits per heavy atom. The molecule has 0 saturated carbocycles. The summed E-state index contributed by atoms with van der Waals surface area (Å²) in [6.07, 6.45) is 0.737. The van der Waals surface area contributed by atoms with Gasteiger partial charge in [-0.1, -0.05) is 6.07 Å². The molecular formula is C21H23NO6. The molecule has 0 unspecified atom stereocenters. The largest absolute Gasteiger partial charge is 0.504 e. The maximum atomic E-state index is 12.4. The number of aromatic hydroxyl groups is 1. The first-order chi connectivity index (χ1) is 14.6. The first kappa shape index (κ1) is 15.8. The molecule has 0 saturated heterocycles. The van der Waals surface area contributed by atoms with E-state index in [9.17, 15) is 14.7 Å². The van der Waals surface area contributed by atoms with Crippen LogP contribution in [0, 0.1) is 0 Å². The van der Waals surface area contributed by atoms with E-state index in [1.165, 1.54) is 33.5 Å². The Morgan fingerprint density at radius 3 is 2.57 bits per heavy atom. The Balaban J connectivity index is 2.34. The van der Waals surface area contributed by atoms with Crippen LogP contribution >= 0.6 is 0 Å². The zero-order chi connectivity index (χ0) is 22.9. The van der Waals surface area contributed by atoms with Crippen LogP contribution in [0.15, 0.2) is 29.1 Å². The molecule has 0 radical (unpaired) electrons. The lowest BCUT2D eigenvalue weighted by Crippen LogP contribution is -2.26. The van der Waals surface area contributed by atoms with Gasteiger partial charge < -0.3 is 24.6 Å². The minimum absolute atomic E-state index is 0.310. The van der Waals surface area contributed by atoms with Gasteiger partial charge in [-0.25, -0.2) is 0 Å². The molecule has 2 N–H and O–H groups in total. The Hall–Kier alpha value is -3.22. The first-order valence-corrected chi connectivity index (χ1v) is 8.62. The zero-order valence-corrected chi connectivity index (χ0v) is 15.8. The van der Waals surface area contributed by atoms with Crippen molar-refractivity contribution in [2.24, 2.45) is 0 Å². The molecule has 0 fully saturated rings. The summed E-state index contributed by atoms with van der Waals surface area (Å²) < 4.78 is 38.7. The number of aryl methyl sites for hydroxylation is 1. The fraction of sp³-hybridized carbons (Fsp3) is 0.333. The number of hydrogen-bond acceptors (Lipinski definition) is 6. The SMILES string of the molecule is [2H]C([2H])([2H])C(=O)N[C@@H]1CCc2cc(OC)c(OC)c(OC)c2-c2ccc(O)c(=O)cc21. The van der Waals surface area contributed by atoms with Crippen LogP contribution in [0.3, 0.4) is 0 Å². The molecule has 0 aliphatic heterocycles. The Morgan fingerprint density at radius 1 is 1.18 bits per heavy atom. The number of methoxy groups -OCH3 is 3. The summed E-state index contributed by atoms with van der Waals surface area (Å²) in [4.78, 5) is 24.6. The molecule has 1 atom stereocenters. The Labute approximate surface area is 167 Å². The summed E-state index contributed by atoms with van der Waals surface area (Å²) in [6, 6.07) is 5.00. The molecule has 7 heteroatoms. The zero-order valence-electron chi connectivity index (χ0n) is 18.8. The van der Waals surface area contributed by atoms with Gasteiger partial charge in [-0.2, -0.15) is 0 Å². The topological polar surface area (TPSA) is 94.1 Å². The van der Waals surface area contributed by atoms with Crippen molar-refractivity contribution in [2.75, 3.05) is 21.3 Å². The van der Waals surface area contributed by atoms with Crippen molar-refractivity contribution < 1.29 is 28.2 Å². The van der Waals surface area contributed by atoms with E-state index in [4.69, 9.17) is 18.3 Å². The van der Waals surface area contributed by atoms with Gasteiger partial charge in [0.25, 0.3) is 0 Å². The van der Waals surface area contributed by atoms with Crippen molar-refractivity contribution in [1.82, 2.24) is 5.32 Å². The molecule has 0 aromatic heterocycles. The van der Waals surface area contributed by atoms with Crippen LogP contribution in [-0.2, 0) is 11.2 Å². The lowest BCUT2D eigenvalue weighted by Gasteiger charge is -2.19. The van der Waals surface area contributed by atoms with Crippen LogP contribution in [-0.4, -0.2) is 32.3 Å². The average Bonchev–Trinajstić information content (AvgIpc) is 2.95. The van der Waals surface area contributed by atoms with E-state index in [0.717, 1.165) is 5.56 Å². The Kier molecular flexibility index (Phi) is 4.40. The number of hydrogen-bond donors (Lipinski definition) is 2. The van der Waals surface area contributed by atoms with E-state index >= 15 is 0 Å². The third-order valence-electron chi connectivity index (χ3n) is 4.82. The number of benzene rings is 1. The molecule has 1 aliphatic carbocycles. The number of nitrogens with one attached hydrogen (secondary N) is 1. The fourth-order valence-corrected chi connectivity index (χ4v) is 3.61. The number of amides is 1. The molecular weight excluding hydrogens is 362 g/mol. The number of rotatable bonds is 4. The fourth-order valence-electron chi connectivity index (χ4n) is 3.61. The maximum absolute atomic E-state index is 12.4. The highest BCUT2D eigenvalue weighted by atomic mass is 16.5. The van der Waals surface area contributed by atoms with Gasteiger partial charge in [0.05, 0.1) is 27.4 Å². The first-order valence-electron chi connectivity index (χ1n) is 10.1. The molecule has 148 valence electrons. The van der Waals surface area contributed by atoms with Crippen LogP contribution in [0.1, 0.15) is 34.6 Å². The highest BCUT2D eigenvalue weighted by Gasteiger charge is 2.29. The number of fused-ring (bicyclic) bond motifs is 3. The van der Waals surface area contributed by atoms with Crippen molar-refractivity contribution in [2.45, 2.75) is 25.7 Å². The van der Waals surface area contributed by atoms with Crippen LogP contribution in [0.4, 0.5) is 0 Å². The minimum atomic E-state index is -2.84. The quantitative estimate of drug-likeness (QED) is 0.836. The van der Waals surface area contributed by atoms with Gasteiger partial charge in [-0.3, -0.25) is 9.59 Å². The molecule has 1 amide bonds. The number of carbonyl (C=O) groups is 1. The summed E-state index contributed by atoms with van der Waals surface area (Å²) in [5.41, 5.74) is 1.61. The van der Waals surface area contributed by atoms with Gasteiger partial charge in [-0.15, -0.1) is 0 Å². The van der Waals surface area contributed by atoms with Crippen LogP contribution in [0.25, 0.3) is 11.1 Å². The standard InChI is InChI=1S/C21H23NO6/c1-11(23)22-15-7-5-12-9-18(26-2)20(27-3)21(28-4)19(12)13-6-8-16(24)17(25)10-14(13)15/h6,8-10,15H,5,7H2,1-4H3,(H,22,23)(H,24,25)/t15-/m1/s1/i1D3. The third-order valence-corrected chi connectivity index (χ3v) is 4.82. The maximum Gasteiger partial charge on any atom is 0.220 e. The number of ether oxygens (including phenoxy) is 3. The van der Waals surface area contributed by atoms with Crippen LogP contribution < -0.4 is 25.0 Å². The van der Waals surface area contributed by atoms with Crippen LogP contribution in [0.2, 0.25) is 0 Å². The van der Waals surface area contributed by atoms with Gasteiger partial charge in [0.15, 0.2) is 17.2 Å². The van der Waals surface area contributed by atoms with Crippen molar-refractivity contribution >= 4 is 5.91 Å². The molecule has 1 aliphatic rings. The lowest BCUT2D eigenvalue weighted by molar-refractivity contribution is -0.119. The monoisotopic (exact) mass is 388 g/mol. The van der Waals surface area contributed by atoms with Crippen molar-refractivity contribution in [3.63, 3.8) is 0 Å². The smallest absolute Gasteiger partial charge is 0.220 e. The molecule has 2 aromatic rings. The van der Waals surface area contributed by atoms with Crippen molar-refractivity contribution in [3.8, 4) is 34.1 Å². The van der Waals surface area contributed by atoms with E-state index in [1.54, 1.807) is 12.1 Å². The molecule has 0 bridgehead atoms. The average molecular weight is 388 g/mol. The predicted octanol–water partition coefficient (Wildman–Crippen LogP) is 2.57. The van der Waals surface area contributed by atoms with E-state index in [-0.39, 0.29) is 0 Å². The second kappa shape index (κ2) is 7.80. The molecule has 0 spiro atoms. The van der Waals surface area contributed by atoms with E-state index < -0.39 is 30.0 Å². The number of carbonyl (C=O) groups excluding carboxylic acids is 1. The highest BCUT2D eigenvalue weighted by molar-refractivity contribution is 5.83. The van der Waals surface area contributed by atoms with Gasteiger partial charge in [0, 0.05) is 16.5 Å². The van der Waals surface area contributed by atoms with Gasteiger partial charge in [0.1, 0.15) is 0 Å². The second-order valence-corrected chi connectivity index (χ2v) is 6.34. The van der Waals surface area contributed by atoms with Gasteiger partial charge >= 0.3 is 0 Å². The van der Waals surface area contributed by atoms with E-state index in [0.29, 0.717) is 46.8 Å². The second-order valence-electron chi connectivity index (χ2n) is 6.34. The summed E-state index contributed by atoms with van der Waals surface area (Å²) in [7, 11) is 4.43. The summed E-state index contributed by atoms with van der Waals surface area (Å²) >= 11 is 0. The van der Waals surface area contributed by atoms with Crippen LogP contribution in [0.5, 0.6) is 23.0 Å². The lowest BCUT2D eigenvalue weighted by atomic mass is 9.95. The van der Waals surface area contributed by atoms with E-state index in [2.05, 4.69) is 5.32 Å². The molecule has 2 aromatic carbocycles. The van der Waals surface area contributed by atoms with Gasteiger partial charge in [-0.05, 0) is 47.7 Å². The summed E-state index contributed by atoms with van der Waals surface area (Å²) in [6.45, 7) is -2.84. The summed E-state index contributed by atoms with van der Waals surface area (Å²) in [5.74, 6) is -0.455. The van der Waals surface area contributed by atoms with Gasteiger partial charge in [0.2, 0.25) is 17.1 Å². The van der Waals surface area contributed by atoms with Crippen molar-refractivity contribution in [3.05, 3.63) is 45.6 Å². The molecule has 0 heterocycles. The normalized spacial score (nSPS) is 17.0.